The molecule has 0 spiro atoms. The van der Waals surface area contributed by atoms with Crippen LogP contribution in [0.4, 0.5) is 0 Å². The second kappa shape index (κ2) is 8.78. The lowest BCUT2D eigenvalue weighted by Crippen LogP contribution is -2.22. The molecule has 2 unspecified atom stereocenters. The maximum atomic E-state index is 6.53. The molecule has 1 aromatic rings. The molecule has 1 aromatic carbocycles. The molecule has 4 nitrogen and oxygen atoms in total. The highest BCUT2D eigenvalue weighted by Crippen LogP contribution is 2.41. The average Bonchev–Trinajstić information content (AvgIpc) is 2.53. The Morgan fingerprint density at radius 1 is 1.00 bits per heavy atom. The molecule has 0 fully saturated rings. The van der Waals surface area contributed by atoms with Gasteiger partial charge in [0.15, 0.2) is 0 Å². The number of benzene rings is 1. The topological polar surface area (TPSA) is 53.7 Å². The van der Waals surface area contributed by atoms with Crippen molar-refractivity contribution in [2.75, 3.05) is 21.3 Å². The number of rotatable bonds is 9. The van der Waals surface area contributed by atoms with Crippen molar-refractivity contribution in [1.29, 1.82) is 0 Å². The van der Waals surface area contributed by atoms with Gasteiger partial charge in [-0.05, 0) is 12.3 Å². The number of methoxy groups -OCH3 is 3. The van der Waals surface area contributed by atoms with Gasteiger partial charge >= 0.3 is 0 Å². The van der Waals surface area contributed by atoms with Crippen molar-refractivity contribution < 1.29 is 14.2 Å². The van der Waals surface area contributed by atoms with E-state index >= 15 is 0 Å². The van der Waals surface area contributed by atoms with Gasteiger partial charge in [-0.25, -0.2) is 0 Å². The number of hydrogen-bond acceptors (Lipinski definition) is 4. The first-order valence-electron chi connectivity index (χ1n) is 7.68. The maximum Gasteiger partial charge on any atom is 0.131 e. The van der Waals surface area contributed by atoms with Crippen LogP contribution in [-0.4, -0.2) is 21.3 Å². The number of ether oxygens (including phenoxy) is 3. The Morgan fingerprint density at radius 2 is 1.57 bits per heavy atom. The fourth-order valence-corrected chi connectivity index (χ4v) is 2.70. The molecule has 0 saturated carbocycles. The van der Waals surface area contributed by atoms with Crippen molar-refractivity contribution in [1.82, 2.24) is 0 Å². The van der Waals surface area contributed by atoms with Gasteiger partial charge in [-0.15, -0.1) is 0 Å². The first-order chi connectivity index (χ1) is 10.1. The highest BCUT2D eigenvalue weighted by molar-refractivity contribution is 5.52. The summed E-state index contributed by atoms with van der Waals surface area (Å²) in [5.41, 5.74) is 7.47. The van der Waals surface area contributed by atoms with Gasteiger partial charge in [0.2, 0.25) is 0 Å². The lowest BCUT2D eigenvalue weighted by Gasteiger charge is -2.26. The molecule has 0 saturated heterocycles. The third-order valence-electron chi connectivity index (χ3n) is 4.05. The van der Waals surface area contributed by atoms with Gasteiger partial charge in [0.05, 0.1) is 26.9 Å². The third-order valence-corrected chi connectivity index (χ3v) is 4.05. The number of hydrogen-bond donors (Lipinski definition) is 1. The molecule has 2 atom stereocenters. The quantitative estimate of drug-likeness (QED) is 0.750. The number of unbranched alkanes of at least 4 members (excludes halogenated alkanes) is 1. The predicted molar refractivity (Wildman–Crippen MR) is 86.3 cm³/mol. The van der Waals surface area contributed by atoms with Crippen molar-refractivity contribution in [3.8, 4) is 17.2 Å². The Balaban J connectivity index is 3.18. The van der Waals surface area contributed by atoms with Gasteiger partial charge < -0.3 is 19.9 Å². The molecule has 1 rings (SSSR count). The van der Waals surface area contributed by atoms with Gasteiger partial charge in [0.1, 0.15) is 17.2 Å². The maximum absolute atomic E-state index is 6.53. The second-order valence-corrected chi connectivity index (χ2v) is 5.28. The van der Waals surface area contributed by atoms with Crippen LogP contribution in [0.3, 0.4) is 0 Å². The van der Waals surface area contributed by atoms with Gasteiger partial charge in [-0.1, -0.05) is 33.1 Å². The van der Waals surface area contributed by atoms with E-state index in [4.69, 9.17) is 19.9 Å². The largest absolute Gasteiger partial charge is 0.496 e. The van der Waals surface area contributed by atoms with E-state index in [9.17, 15) is 0 Å². The second-order valence-electron chi connectivity index (χ2n) is 5.28. The zero-order valence-electron chi connectivity index (χ0n) is 13.9. The van der Waals surface area contributed by atoms with Crippen LogP contribution < -0.4 is 19.9 Å². The number of nitrogens with two attached hydrogens (primary N) is 1. The molecule has 0 aliphatic rings. The van der Waals surface area contributed by atoms with Crippen molar-refractivity contribution in [3.05, 3.63) is 17.7 Å². The summed E-state index contributed by atoms with van der Waals surface area (Å²) in [6.45, 7) is 4.38. The SMILES string of the molecule is CCCCC(CC)C(N)c1c(OC)cc(OC)cc1OC. The van der Waals surface area contributed by atoms with Gasteiger partial charge in [0.25, 0.3) is 0 Å². The lowest BCUT2D eigenvalue weighted by molar-refractivity contribution is 0.331. The van der Waals surface area contributed by atoms with Crippen LogP contribution in [-0.2, 0) is 0 Å². The summed E-state index contributed by atoms with van der Waals surface area (Å²) in [4.78, 5) is 0. The van der Waals surface area contributed by atoms with E-state index in [-0.39, 0.29) is 6.04 Å². The van der Waals surface area contributed by atoms with Crippen LogP contribution in [0.2, 0.25) is 0 Å². The van der Waals surface area contributed by atoms with E-state index < -0.39 is 0 Å². The summed E-state index contributed by atoms with van der Waals surface area (Å²) in [7, 11) is 4.93. The van der Waals surface area contributed by atoms with Gasteiger partial charge in [-0.3, -0.25) is 0 Å². The first kappa shape index (κ1) is 17.6. The summed E-state index contributed by atoms with van der Waals surface area (Å²) in [6.07, 6.45) is 4.53. The summed E-state index contributed by atoms with van der Waals surface area (Å²) in [6, 6.07) is 3.63. The summed E-state index contributed by atoms with van der Waals surface area (Å²) < 4.78 is 16.3. The average molecular weight is 295 g/mol. The minimum Gasteiger partial charge on any atom is -0.496 e. The van der Waals surface area contributed by atoms with Crippen LogP contribution in [0.1, 0.15) is 51.1 Å². The van der Waals surface area contributed by atoms with Gasteiger partial charge in [-0.2, -0.15) is 0 Å². The third kappa shape index (κ3) is 4.27. The van der Waals surface area contributed by atoms with Crippen LogP contribution in [0.25, 0.3) is 0 Å². The highest BCUT2D eigenvalue weighted by Gasteiger charge is 2.25. The van der Waals surface area contributed by atoms with E-state index in [1.807, 2.05) is 12.1 Å². The molecule has 4 heteroatoms. The summed E-state index contributed by atoms with van der Waals surface area (Å²) in [5.74, 6) is 2.59. The Labute approximate surface area is 128 Å². The Hall–Kier alpha value is -1.42. The highest BCUT2D eigenvalue weighted by atomic mass is 16.5. The molecule has 0 bridgehead atoms. The summed E-state index contributed by atoms with van der Waals surface area (Å²) in [5, 5.41) is 0. The van der Waals surface area contributed by atoms with E-state index in [2.05, 4.69) is 13.8 Å². The molecule has 21 heavy (non-hydrogen) atoms. The molecule has 0 radical (unpaired) electrons. The minimum absolute atomic E-state index is 0.0997. The Bertz CT molecular complexity index is 409. The molecular weight excluding hydrogens is 266 g/mol. The van der Waals surface area contributed by atoms with E-state index in [1.165, 1.54) is 12.8 Å². The minimum atomic E-state index is -0.0997. The van der Waals surface area contributed by atoms with Gasteiger partial charge in [0, 0.05) is 18.2 Å². The molecular formula is C17H29NO3. The molecule has 120 valence electrons. The molecule has 0 heterocycles. The van der Waals surface area contributed by atoms with E-state index in [0.29, 0.717) is 11.7 Å². The van der Waals surface area contributed by atoms with Crippen molar-refractivity contribution >= 4 is 0 Å². The van der Waals surface area contributed by atoms with Crippen molar-refractivity contribution in [2.45, 2.75) is 45.6 Å². The molecule has 0 aliphatic carbocycles. The Morgan fingerprint density at radius 3 is 1.95 bits per heavy atom. The standard InChI is InChI=1S/C17H29NO3/c1-6-8-9-12(7-2)17(18)16-14(20-4)10-13(19-3)11-15(16)21-5/h10-12,17H,6-9,18H2,1-5H3. The zero-order valence-corrected chi connectivity index (χ0v) is 13.9. The predicted octanol–water partition coefficient (Wildman–Crippen LogP) is 3.93. The zero-order chi connectivity index (χ0) is 15.8. The normalized spacial score (nSPS) is 13.6. The molecule has 0 amide bonds. The first-order valence-corrected chi connectivity index (χ1v) is 7.68. The van der Waals surface area contributed by atoms with Crippen molar-refractivity contribution in [2.24, 2.45) is 11.7 Å². The molecule has 2 N–H and O–H groups in total. The van der Waals surface area contributed by atoms with Crippen LogP contribution in [0, 0.1) is 5.92 Å². The fraction of sp³-hybridized carbons (Fsp3) is 0.647. The van der Waals surface area contributed by atoms with Crippen LogP contribution in [0.5, 0.6) is 17.2 Å². The Kier molecular flexibility index (Phi) is 7.37. The molecule has 0 aromatic heterocycles. The van der Waals surface area contributed by atoms with E-state index in [1.54, 1.807) is 21.3 Å². The summed E-state index contributed by atoms with van der Waals surface area (Å²) >= 11 is 0. The lowest BCUT2D eigenvalue weighted by atomic mass is 9.86. The van der Waals surface area contributed by atoms with Crippen LogP contribution >= 0.6 is 0 Å². The van der Waals surface area contributed by atoms with Crippen LogP contribution in [0.15, 0.2) is 12.1 Å². The monoisotopic (exact) mass is 295 g/mol. The van der Waals surface area contributed by atoms with E-state index in [0.717, 1.165) is 29.9 Å². The molecule has 0 aliphatic heterocycles. The smallest absolute Gasteiger partial charge is 0.131 e. The fourth-order valence-electron chi connectivity index (χ4n) is 2.70. The van der Waals surface area contributed by atoms with Crippen molar-refractivity contribution in [3.63, 3.8) is 0 Å².